The number of hydrogen-bond donors (Lipinski definition) is 3. The van der Waals surface area contributed by atoms with E-state index in [2.05, 4.69) is 15.6 Å². The number of halogens is 1. The standard InChI is InChI=1S/C26H35FN4O3S/c1-16(28-2)24(33)30-22(17-7-4-3-5-8-17)26(34)31-14-6-9-21(31)25-29-20(15-35-25)23(32)18-10-12-19(27)13-11-18/h10-13,15-17,21-22,26,28,34H,3-9,14H2,1-2H3,(H,30,33)/t16-,21-,22?,26-/m0/s1. The molecule has 9 heteroatoms. The zero-order valence-corrected chi connectivity index (χ0v) is 21.2. The molecule has 0 bridgehead atoms. The molecule has 0 radical (unpaired) electrons. The van der Waals surface area contributed by atoms with E-state index in [1.165, 1.54) is 42.0 Å². The number of nitrogens with zero attached hydrogens (tertiary/aromatic N) is 2. The van der Waals surface area contributed by atoms with Crippen LogP contribution < -0.4 is 10.6 Å². The maximum atomic E-state index is 13.2. The fourth-order valence-electron chi connectivity index (χ4n) is 5.22. The van der Waals surface area contributed by atoms with Crippen LogP contribution in [0, 0.1) is 11.7 Å². The molecule has 1 aliphatic carbocycles. The molecule has 1 aromatic heterocycles. The maximum absolute atomic E-state index is 13.2. The summed E-state index contributed by atoms with van der Waals surface area (Å²) in [5, 5.41) is 20.2. The minimum atomic E-state index is -0.834. The number of amides is 1. The van der Waals surface area contributed by atoms with Crippen molar-refractivity contribution in [3.05, 3.63) is 51.7 Å². The quantitative estimate of drug-likeness (QED) is 0.453. The first kappa shape index (κ1) is 25.9. The van der Waals surface area contributed by atoms with Crippen molar-refractivity contribution in [2.75, 3.05) is 13.6 Å². The van der Waals surface area contributed by atoms with Gasteiger partial charge < -0.3 is 15.7 Å². The Hall–Kier alpha value is -2.20. The summed E-state index contributed by atoms with van der Waals surface area (Å²) in [5.41, 5.74) is 0.725. The molecule has 1 unspecified atom stereocenters. The normalized spacial score (nSPS) is 22.0. The molecule has 3 N–H and O–H groups in total. The zero-order valence-electron chi connectivity index (χ0n) is 20.4. The molecule has 1 aliphatic heterocycles. The summed E-state index contributed by atoms with van der Waals surface area (Å²) in [6.45, 7) is 2.51. The number of likely N-dealkylation sites (tertiary alicyclic amines) is 1. The zero-order chi connectivity index (χ0) is 24.9. The van der Waals surface area contributed by atoms with Gasteiger partial charge in [-0.05, 0) is 69.8 Å². The Balaban J connectivity index is 1.52. The van der Waals surface area contributed by atoms with E-state index in [-0.39, 0.29) is 41.6 Å². The molecule has 1 saturated carbocycles. The molecule has 0 spiro atoms. The minimum Gasteiger partial charge on any atom is -0.376 e. The first-order valence-corrected chi connectivity index (χ1v) is 13.4. The second-order valence-corrected chi connectivity index (χ2v) is 10.5. The van der Waals surface area contributed by atoms with Crippen LogP contribution in [0.25, 0.3) is 0 Å². The van der Waals surface area contributed by atoms with E-state index in [1.54, 1.807) is 12.4 Å². The van der Waals surface area contributed by atoms with Crippen LogP contribution in [0.5, 0.6) is 0 Å². The number of rotatable bonds is 9. The highest BCUT2D eigenvalue weighted by Gasteiger charge is 2.40. The van der Waals surface area contributed by atoms with Gasteiger partial charge >= 0.3 is 0 Å². The highest BCUT2D eigenvalue weighted by Crippen LogP contribution is 2.38. The van der Waals surface area contributed by atoms with Crippen LogP contribution in [0.2, 0.25) is 0 Å². The number of ketones is 1. The van der Waals surface area contributed by atoms with E-state index in [0.717, 1.165) is 43.5 Å². The average molecular weight is 503 g/mol. The van der Waals surface area contributed by atoms with Crippen LogP contribution in [-0.4, -0.2) is 58.6 Å². The Labute approximate surface area is 210 Å². The van der Waals surface area contributed by atoms with Crippen LogP contribution in [0.1, 0.15) is 79.0 Å². The second kappa shape index (κ2) is 11.7. The van der Waals surface area contributed by atoms with Crippen molar-refractivity contribution in [1.29, 1.82) is 0 Å². The number of thiazole rings is 1. The summed E-state index contributed by atoms with van der Waals surface area (Å²) in [5.74, 6) is -0.523. The maximum Gasteiger partial charge on any atom is 0.237 e. The first-order valence-electron chi connectivity index (χ1n) is 12.6. The summed E-state index contributed by atoms with van der Waals surface area (Å²) in [6, 6.07) is 4.64. The van der Waals surface area contributed by atoms with Crippen molar-refractivity contribution in [3.8, 4) is 0 Å². The van der Waals surface area contributed by atoms with Crippen molar-refractivity contribution >= 4 is 23.0 Å². The van der Waals surface area contributed by atoms with Crippen LogP contribution in [0.3, 0.4) is 0 Å². The van der Waals surface area contributed by atoms with Crippen molar-refractivity contribution in [2.24, 2.45) is 5.92 Å². The Morgan fingerprint density at radius 2 is 1.86 bits per heavy atom. The summed E-state index contributed by atoms with van der Waals surface area (Å²) >= 11 is 1.41. The fraction of sp³-hybridized carbons (Fsp3) is 0.577. The van der Waals surface area contributed by atoms with Gasteiger partial charge in [0.25, 0.3) is 0 Å². The SMILES string of the molecule is CN[C@@H](C)C(=O)NC(C1CCCCC1)[C@H](O)N1CCC[C@H]1c1nc(C(=O)c2ccc(F)cc2)cs1. The number of aromatic nitrogens is 1. The fourth-order valence-corrected chi connectivity index (χ4v) is 6.17. The summed E-state index contributed by atoms with van der Waals surface area (Å²) in [6.07, 6.45) is 6.28. The van der Waals surface area contributed by atoms with Gasteiger partial charge in [-0.3, -0.25) is 14.5 Å². The smallest absolute Gasteiger partial charge is 0.237 e. The topological polar surface area (TPSA) is 94.6 Å². The number of benzene rings is 1. The van der Waals surface area contributed by atoms with E-state index in [4.69, 9.17) is 0 Å². The van der Waals surface area contributed by atoms with Gasteiger partial charge in [0.15, 0.2) is 0 Å². The number of aliphatic hydroxyl groups is 1. The molecule has 2 fully saturated rings. The average Bonchev–Trinajstić information content (AvgIpc) is 3.56. The summed E-state index contributed by atoms with van der Waals surface area (Å²) < 4.78 is 13.2. The summed E-state index contributed by atoms with van der Waals surface area (Å²) in [4.78, 5) is 32.3. The molecule has 1 amide bonds. The van der Waals surface area contributed by atoms with Gasteiger partial charge in [0.1, 0.15) is 22.7 Å². The van der Waals surface area contributed by atoms with Gasteiger partial charge in [-0.15, -0.1) is 11.3 Å². The van der Waals surface area contributed by atoms with Crippen LogP contribution in [0.4, 0.5) is 4.39 Å². The highest BCUT2D eigenvalue weighted by atomic mass is 32.1. The van der Waals surface area contributed by atoms with E-state index < -0.39 is 6.23 Å². The van der Waals surface area contributed by atoms with Crippen molar-refractivity contribution < 1.29 is 19.1 Å². The predicted molar refractivity (Wildman–Crippen MR) is 134 cm³/mol. The molecule has 35 heavy (non-hydrogen) atoms. The number of nitrogens with one attached hydrogen (secondary N) is 2. The highest BCUT2D eigenvalue weighted by molar-refractivity contribution is 7.10. The van der Waals surface area contributed by atoms with E-state index in [0.29, 0.717) is 17.8 Å². The molecule has 7 nitrogen and oxygen atoms in total. The Morgan fingerprint density at radius 3 is 2.54 bits per heavy atom. The number of likely N-dealkylation sites (N-methyl/N-ethyl adjacent to an activating group) is 1. The summed E-state index contributed by atoms with van der Waals surface area (Å²) in [7, 11) is 1.75. The number of aliphatic hydroxyl groups excluding tert-OH is 1. The van der Waals surface area contributed by atoms with Gasteiger partial charge in [0.05, 0.1) is 18.1 Å². The molecule has 190 valence electrons. The molecule has 2 aliphatic rings. The Kier molecular flexibility index (Phi) is 8.64. The molecule has 2 aromatic rings. The third-order valence-corrected chi connectivity index (χ3v) is 8.34. The lowest BCUT2D eigenvalue weighted by atomic mass is 9.82. The van der Waals surface area contributed by atoms with E-state index in [1.807, 2.05) is 11.8 Å². The van der Waals surface area contributed by atoms with E-state index in [9.17, 15) is 19.1 Å². The molecular formula is C26H35FN4O3S. The molecular weight excluding hydrogens is 467 g/mol. The van der Waals surface area contributed by atoms with Crippen LogP contribution in [0.15, 0.2) is 29.6 Å². The second-order valence-electron chi connectivity index (χ2n) is 9.66. The molecule has 4 atom stereocenters. The van der Waals surface area contributed by atoms with Gasteiger partial charge in [-0.1, -0.05) is 19.3 Å². The number of carbonyl (C=O) groups is 2. The lowest BCUT2D eigenvalue weighted by Crippen LogP contribution is -2.57. The lowest BCUT2D eigenvalue weighted by molar-refractivity contribution is -0.127. The van der Waals surface area contributed by atoms with Crippen molar-refractivity contribution in [3.63, 3.8) is 0 Å². The van der Waals surface area contributed by atoms with Crippen LogP contribution in [-0.2, 0) is 4.79 Å². The Bertz CT molecular complexity index is 1010. The molecule has 2 heterocycles. The largest absolute Gasteiger partial charge is 0.376 e. The predicted octanol–water partition coefficient (Wildman–Crippen LogP) is 3.64. The lowest BCUT2D eigenvalue weighted by Gasteiger charge is -2.40. The minimum absolute atomic E-state index is 0.112. The Morgan fingerprint density at radius 1 is 1.14 bits per heavy atom. The molecule has 4 rings (SSSR count). The monoisotopic (exact) mass is 502 g/mol. The number of hydrogen-bond acceptors (Lipinski definition) is 7. The molecule has 1 aromatic carbocycles. The van der Waals surface area contributed by atoms with Crippen molar-refractivity contribution in [1.82, 2.24) is 20.5 Å². The third kappa shape index (κ3) is 5.97. The number of carbonyl (C=O) groups excluding carboxylic acids is 2. The van der Waals surface area contributed by atoms with Gasteiger partial charge in [-0.2, -0.15) is 0 Å². The van der Waals surface area contributed by atoms with Crippen molar-refractivity contribution in [2.45, 2.75) is 76.2 Å². The van der Waals surface area contributed by atoms with Gasteiger partial charge in [0.2, 0.25) is 11.7 Å². The van der Waals surface area contributed by atoms with Gasteiger partial charge in [0, 0.05) is 17.5 Å². The molecule has 1 saturated heterocycles. The third-order valence-electron chi connectivity index (χ3n) is 7.39. The van der Waals surface area contributed by atoms with Crippen LogP contribution >= 0.6 is 11.3 Å². The first-order chi connectivity index (χ1) is 16.9. The van der Waals surface area contributed by atoms with E-state index >= 15 is 0 Å². The van der Waals surface area contributed by atoms with Gasteiger partial charge in [-0.25, -0.2) is 9.37 Å².